The number of anilines is 1. The number of nitro benzene ring substituents is 1. The maximum absolute atomic E-state index is 13.2. The summed E-state index contributed by atoms with van der Waals surface area (Å²) in [6, 6.07) is 9.97. The van der Waals surface area contributed by atoms with Gasteiger partial charge in [-0.1, -0.05) is 25.1 Å². The topological polar surface area (TPSA) is 111 Å². The number of benzene rings is 2. The average Bonchev–Trinajstić information content (AvgIpc) is 2.65. The number of nitro groups is 1. The number of halogens is 1. The molecule has 2 aromatic carbocycles. The Bertz CT molecular complexity index is 857. The molecule has 0 bridgehead atoms. The highest BCUT2D eigenvalue weighted by atomic mass is 19.1. The van der Waals surface area contributed by atoms with E-state index >= 15 is 0 Å². The van der Waals surface area contributed by atoms with E-state index in [2.05, 4.69) is 10.6 Å². The molecule has 142 valence electrons. The summed E-state index contributed by atoms with van der Waals surface area (Å²) in [5, 5.41) is 15.9. The number of aryl methyl sites for hydroxylation is 1. The van der Waals surface area contributed by atoms with Crippen LogP contribution in [0.15, 0.2) is 42.5 Å². The Morgan fingerprint density at radius 3 is 2.63 bits per heavy atom. The smallest absolute Gasteiger partial charge is 0.311 e. The number of carbonyl (C=O) groups excluding carboxylic acids is 2. The van der Waals surface area contributed by atoms with Gasteiger partial charge < -0.3 is 15.4 Å². The maximum atomic E-state index is 13.2. The average molecular weight is 375 g/mol. The second-order valence-corrected chi connectivity index (χ2v) is 5.49. The molecule has 2 aromatic rings. The molecule has 0 saturated carbocycles. The summed E-state index contributed by atoms with van der Waals surface area (Å²) >= 11 is 0. The van der Waals surface area contributed by atoms with E-state index in [0.717, 1.165) is 30.2 Å². The highest BCUT2D eigenvalue weighted by Gasteiger charge is 2.17. The van der Waals surface area contributed by atoms with Crippen LogP contribution in [0.25, 0.3) is 0 Å². The van der Waals surface area contributed by atoms with Gasteiger partial charge in [-0.25, -0.2) is 4.39 Å². The van der Waals surface area contributed by atoms with Crippen LogP contribution in [0.3, 0.4) is 0 Å². The zero-order chi connectivity index (χ0) is 19.8. The van der Waals surface area contributed by atoms with Crippen LogP contribution in [0.5, 0.6) is 5.75 Å². The van der Waals surface area contributed by atoms with Crippen LogP contribution in [0.2, 0.25) is 0 Å². The van der Waals surface area contributed by atoms with Crippen molar-refractivity contribution in [2.75, 3.05) is 18.5 Å². The number of nitrogens with zero attached hydrogens (tertiary/aromatic N) is 1. The van der Waals surface area contributed by atoms with Gasteiger partial charge in [0.15, 0.2) is 6.61 Å². The number of ether oxygens (including phenoxy) is 1. The van der Waals surface area contributed by atoms with Gasteiger partial charge in [0.05, 0.1) is 11.5 Å². The summed E-state index contributed by atoms with van der Waals surface area (Å²) in [7, 11) is 0. The van der Waals surface area contributed by atoms with Crippen LogP contribution in [-0.2, 0) is 16.0 Å². The summed E-state index contributed by atoms with van der Waals surface area (Å²) in [5.74, 6) is -2.20. The lowest BCUT2D eigenvalue weighted by atomic mass is 10.1. The summed E-state index contributed by atoms with van der Waals surface area (Å²) in [6.07, 6.45) is 0.739. The molecule has 0 saturated heterocycles. The van der Waals surface area contributed by atoms with E-state index in [1.807, 2.05) is 19.1 Å². The van der Waals surface area contributed by atoms with Gasteiger partial charge in [0.1, 0.15) is 5.82 Å². The monoisotopic (exact) mass is 375 g/mol. The fourth-order valence-corrected chi connectivity index (χ4v) is 2.27. The van der Waals surface area contributed by atoms with Crippen LogP contribution < -0.4 is 15.4 Å². The Labute approximate surface area is 154 Å². The molecule has 0 heterocycles. The lowest BCUT2D eigenvalue weighted by Crippen LogP contribution is -2.36. The number of para-hydroxylation sites is 1. The minimum Gasteiger partial charge on any atom is -0.477 e. The van der Waals surface area contributed by atoms with Gasteiger partial charge in [-0.3, -0.25) is 19.7 Å². The van der Waals surface area contributed by atoms with Crippen molar-refractivity contribution in [3.05, 3.63) is 64.0 Å². The molecule has 0 aliphatic carbocycles. The van der Waals surface area contributed by atoms with Crippen LogP contribution in [0.4, 0.5) is 15.8 Å². The third-order valence-corrected chi connectivity index (χ3v) is 3.60. The van der Waals surface area contributed by atoms with Crippen LogP contribution in [-0.4, -0.2) is 29.9 Å². The molecule has 0 aliphatic heterocycles. The molecule has 0 fully saturated rings. The van der Waals surface area contributed by atoms with Gasteiger partial charge in [0.25, 0.3) is 5.91 Å². The lowest BCUT2D eigenvalue weighted by Gasteiger charge is -2.11. The standard InChI is InChI=1S/C18H18FN3O5/c1-2-12-5-3-4-6-14(12)21-17(23)10-20-18(24)11-27-16-9-13(19)7-8-15(16)22(25)26/h3-9H,2,10-11H2,1H3,(H,20,24)(H,21,23). The SMILES string of the molecule is CCc1ccccc1NC(=O)CNC(=O)COc1cc(F)ccc1[N+](=O)[O-]. The summed E-state index contributed by atoms with van der Waals surface area (Å²) in [6.45, 7) is 1.06. The summed E-state index contributed by atoms with van der Waals surface area (Å²) in [5.41, 5.74) is 1.16. The molecule has 2 amide bonds. The Balaban J connectivity index is 1.85. The van der Waals surface area contributed by atoms with E-state index in [-0.39, 0.29) is 12.3 Å². The maximum Gasteiger partial charge on any atom is 0.311 e. The molecule has 27 heavy (non-hydrogen) atoms. The highest BCUT2D eigenvalue weighted by Crippen LogP contribution is 2.27. The molecular weight excluding hydrogens is 357 g/mol. The van der Waals surface area contributed by atoms with Crippen LogP contribution in [0.1, 0.15) is 12.5 Å². The van der Waals surface area contributed by atoms with Gasteiger partial charge in [-0.15, -0.1) is 0 Å². The first-order chi connectivity index (χ1) is 12.9. The number of hydrogen-bond acceptors (Lipinski definition) is 5. The van der Waals surface area contributed by atoms with Crippen molar-refractivity contribution in [3.63, 3.8) is 0 Å². The molecule has 0 unspecified atom stereocenters. The normalized spacial score (nSPS) is 10.1. The second kappa shape index (κ2) is 9.27. The fraction of sp³-hybridized carbons (Fsp3) is 0.222. The van der Waals surface area contributed by atoms with Crippen LogP contribution >= 0.6 is 0 Å². The van der Waals surface area contributed by atoms with Crippen molar-refractivity contribution in [2.45, 2.75) is 13.3 Å². The number of rotatable bonds is 8. The van der Waals surface area contributed by atoms with E-state index in [9.17, 15) is 24.1 Å². The molecular formula is C18H18FN3O5. The number of nitrogens with one attached hydrogen (secondary N) is 2. The summed E-state index contributed by atoms with van der Waals surface area (Å²) in [4.78, 5) is 33.8. The van der Waals surface area contributed by atoms with E-state index in [1.165, 1.54) is 0 Å². The number of carbonyl (C=O) groups is 2. The fourth-order valence-electron chi connectivity index (χ4n) is 2.27. The Morgan fingerprint density at radius 2 is 1.93 bits per heavy atom. The Hall–Kier alpha value is -3.49. The first-order valence-corrected chi connectivity index (χ1v) is 8.12. The molecule has 0 radical (unpaired) electrons. The molecule has 0 spiro atoms. The largest absolute Gasteiger partial charge is 0.477 e. The van der Waals surface area contributed by atoms with E-state index in [0.29, 0.717) is 5.69 Å². The molecule has 9 heteroatoms. The van der Waals surface area contributed by atoms with Crippen molar-refractivity contribution in [2.24, 2.45) is 0 Å². The van der Waals surface area contributed by atoms with Crippen molar-refractivity contribution < 1.29 is 23.6 Å². The van der Waals surface area contributed by atoms with Crippen LogP contribution in [0, 0.1) is 15.9 Å². The van der Waals surface area contributed by atoms with Crippen molar-refractivity contribution in [1.29, 1.82) is 0 Å². The zero-order valence-corrected chi connectivity index (χ0v) is 14.5. The quantitative estimate of drug-likeness (QED) is 0.544. The molecule has 0 aromatic heterocycles. The molecule has 2 rings (SSSR count). The molecule has 0 atom stereocenters. The van der Waals surface area contributed by atoms with Gasteiger partial charge in [0.2, 0.25) is 11.7 Å². The predicted molar refractivity (Wildman–Crippen MR) is 96.0 cm³/mol. The first kappa shape index (κ1) is 19.8. The second-order valence-electron chi connectivity index (χ2n) is 5.49. The molecule has 2 N–H and O–H groups in total. The Morgan fingerprint density at radius 1 is 1.19 bits per heavy atom. The number of amides is 2. The highest BCUT2D eigenvalue weighted by molar-refractivity contribution is 5.95. The first-order valence-electron chi connectivity index (χ1n) is 8.12. The van der Waals surface area contributed by atoms with Gasteiger partial charge in [0, 0.05) is 17.8 Å². The lowest BCUT2D eigenvalue weighted by molar-refractivity contribution is -0.385. The minimum atomic E-state index is -0.745. The van der Waals surface area contributed by atoms with Crippen molar-refractivity contribution in [1.82, 2.24) is 5.32 Å². The Kier molecular flexibility index (Phi) is 6.81. The number of hydrogen-bond donors (Lipinski definition) is 2. The minimum absolute atomic E-state index is 0.300. The van der Waals surface area contributed by atoms with Gasteiger partial charge in [-0.05, 0) is 24.1 Å². The van der Waals surface area contributed by atoms with E-state index in [1.54, 1.807) is 12.1 Å². The van der Waals surface area contributed by atoms with E-state index in [4.69, 9.17) is 4.74 Å². The van der Waals surface area contributed by atoms with Crippen molar-refractivity contribution >= 4 is 23.2 Å². The predicted octanol–water partition coefficient (Wildman–Crippen LogP) is 2.43. The van der Waals surface area contributed by atoms with Gasteiger partial charge >= 0.3 is 5.69 Å². The summed E-state index contributed by atoms with van der Waals surface area (Å²) < 4.78 is 18.2. The van der Waals surface area contributed by atoms with E-state index < -0.39 is 34.8 Å². The van der Waals surface area contributed by atoms with Crippen molar-refractivity contribution in [3.8, 4) is 5.75 Å². The third kappa shape index (κ3) is 5.77. The molecule has 0 aliphatic rings. The zero-order valence-electron chi connectivity index (χ0n) is 14.5. The van der Waals surface area contributed by atoms with Gasteiger partial charge in [-0.2, -0.15) is 0 Å². The third-order valence-electron chi connectivity index (χ3n) is 3.60. The molecule has 8 nitrogen and oxygen atoms in total.